The standard InChI is InChI=1S/C20H18O5/c1-3-25-20(23)17(13-18(21)14-7-5-4-6-8-14)19(22)15-9-11-16(24-2)12-10-15/h4-13H,3H2,1-2H3/b17-13+. The maximum Gasteiger partial charge on any atom is 0.342 e. The molecule has 2 aromatic carbocycles. The van der Waals surface area contributed by atoms with E-state index in [1.807, 2.05) is 0 Å². The van der Waals surface area contributed by atoms with E-state index in [1.54, 1.807) is 49.4 Å². The number of hydrogen-bond acceptors (Lipinski definition) is 5. The molecular weight excluding hydrogens is 320 g/mol. The van der Waals surface area contributed by atoms with Crippen LogP contribution in [0.15, 0.2) is 66.2 Å². The summed E-state index contributed by atoms with van der Waals surface area (Å²) in [6.07, 6.45) is 1.03. The molecule has 5 heteroatoms. The maximum absolute atomic E-state index is 12.7. The number of Topliss-reactive ketones (excluding diaryl/α,β-unsaturated/α-hetero) is 1. The van der Waals surface area contributed by atoms with Crippen LogP contribution in [-0.4, -0.2) is 31.3 Å². The van der Waals surface area contributed by atoms with Crippen LogP contribution in [0.4, 0.5) is 0 Å². The molecule has 0 fully saturated rings. The van der Waals surface area contributed by atoms with Crippen molar-refractivity contribution < 1.29 is 23.9 Å². The Balaban J connectivity index is 2.37. The molecule has 0 unspecified atom stereocenters. The van der Waals surface area contributed by atoms with Gasteiger partial charge in [0.15, 0.2) is 11.6 Å². The number of ether oxygens (including phenoxy) is 2. The molecule has 0 radical (unpaired) electrons. The van der Waals surface area contributed by atoms with E-state index in [2.05, 4.69) is 0 Å². The molecule has 2 aromatic rings. The van der Waals surface area contributed by atoms with E-state index in [-0.39, 0.29) is 17.7 Å². The molecule has 0 spiro atoms. The Morgan fingerprint density at radius 1 is 0.920 bits per heavy atom. The number of carbonyl (C=O) groups is 3. The van der Waals surface area contributed by atoms with Gasteiger partial charge in [0.1, 0.15) is 11.3 Å². The van der Waals surface area contributed by atoms with Crippen molar-refractivity contribution in [3.8, 4) is 5.75 Å². The molecule has 0 bridgehead atoms. The van der Waals surface area contributed by atoms with Crippen LogP contribution in [0.5, 0.6) is 5.75 Å². The molecule has 0 saturated heterocycles. The molecule has 0 heterocycles. The molecule has 0 aliphatic rings. The van der Waals surface area contributed by atoms with E-state index in [0.717, 1.165) is 6.08 Å². The van der Waals surface area contributed by atoms with Gasteiger partial charge in [-0.3, -0.25) is 9.59 Å². The number of hydrogen-bond donors (Lipinski definition) is 0. The number of carbonyl (C=O) groups excluding carboxylic acids is 3. The van der Waals surface area contributed by atoms with Crippen LogP contribution < -0.4 is 4.74 Å². The summed E-state index contributed by atoms with van der Waals surface area (Å²) >= 11 is 0. The Labute approximate surface area is 145 Å². The molecule has 0 aliphatic heterocycles. The molecule has 0 aromatic heterocycles. The van der Waals surface area contributed by atoms with Crippen LogP contribution in [0.25, 0.3) is 0 Å². The zero-order valence-corrected chi connectivity index (χ0v) is 14.0. The van der Waals surface area contributed by atoms with Crippen molar-refractivity contribution in [3.05, 3.63) is 77.4 Å². The predicted octanol–water partition coefficient (Wildman–Crippen LogP) is 3.25. The fraction of sp³-hybridized carbons (Fsp3) is 0.150. The minimum absolute atomic E-state index is 0.103. The molecule has 0 N–H and O–H groups in total. The summed E-state index contributed by atoms with van der Waals surface area (Å²) in [5, 5.41) is 0. The predicted molar refractivity (Wildman–Crippen MR) is 92.8 cm³/mol. The second kappa shape index (κ2) is 8.59. The van der Waals surface area contributed by atoms with Crippen molar-refractivity contribution in [3.63, 3.8) is 0 Å². The Morgan fingerprint density at radius 3 is 2.12 bits per heavy atom. The van der Waals surface area contributed by atoms with Crippen LogP contribution in [-0.2, 0) is 9.53 Å². The molecule has 0 atom stereocenters. The number of allylic oxidation sites excluding steroid dienone is 1. The molecule has 0 amide bonds. The van der Waals surface area contributed by atoms with Crippen molar-refractivity contribution in [2.45, 2.75) is 6.92 Å². The average Bonchev–Trinajstić information content (AvgIpc) is 2.66. The van der Waals surface area contributed by atoms with Crippen molar-refractivity contribution in [1.29, 1.82) is 0 Å². The SMILES string of the molecule is CCOC(=O)/C(=C/C(=O)c1ccccc1)C(=O)c1ccc(OC)cc1. The normalized spacial score (nSPS) is 10.9. The van der Waals surface area contributed by atoms with Crippen LogP contribution in [0.1, 0.15) is 27.6 Å². The summed E-state index contributed by atoms with van der Waals surface area (Å²) in [6, 6.07) is 14.7. The highest BCUT2D eigenvalue weighted by Gasteiger charge is 2.23. The fourth-order valence-electron chi connectivity index (χ4n) is 2.14. The third-order valence-electron chi connectivity index (χ3n) is 3.43. The van der Waals surface area contributed by atoms with Gasteiger partial charge in [-0.25, -0.2) is 4.79 Å². The Kier molecular flexibility index (Phi) is 6.23. The Hall–Kier alpha value is -3.21. The molecule has 25 heavy (non-hydrogen) atoms. The van der Waals surface area contributed by atoms with Crippen molar-refractivity contribution in [1.82, 2.24) is 0 Å². The quantitative estimate of drug-likeness (QED) is 0.255. The van der Waals surface area contributed by atoms with Crippen molar-refractivity contribution in [2.24, 2.45) is 0 Å². The maximum atomic E-state index is 12.7. The molecule has 0 saturated carbocycles. The summed E-state index contributed by atoms with van der Waals surface area (Å²) < 4.78 is 9.97. The second-order valence-corrected chi connectivity index (χ2v) is 5.07. The van der Waals surface area contributed by atoms with Gasteiger partial charge < -0.3 is 9.47 Å². The van der Waals surface area contributed by atoms with E-state index in [0.29, 0.717) is 11.3 Å². The van der Waals surface area contributed by atoms with Gasteiger partial charge in [0.05, 0.1) is 13.7 Å². The lowest BCUT2D eigenvalue weighted by Gasteiger charge is -2.07. The highest BCUT2D eigenvalue weighted by atomic mass is 16.5. The van der Waals surface area contributed by atoms with Gasteiger partial charge in [-0.05, 0) is 31.2 Å². The third-order valence-corrected chi connectivity index (χ3v) is 3.43. The van der Waals surface area contributed by atoms with Crippen LogP contribution in [0.3, 0.4) is 0 Å². The highest BCUT2D eigenvalue weighted by Crippen LogP contribution is 2.16. The fourth-order valence-corrected chi connectivity index (χ4v) is 2.14. The Bertz CT molecular complexity index is 789. The molecule has 128 valence electrons. The lowest BCUT2D eigenvalue weighted by molar-refractivity contribution is -0.138. The van der Waals surface area contributed by atoms with E-state index >= 15 is 0 Å². The average molecular weight is 338 g/mol. The van der Waals surface area contributed by atoms with E-state index in [4.69, 9.17) is 9.47 Å². The minimum Gasteiger partial charge on any atom is -0.497 e. The van der Waals surface area contributed by atoms with Gasteiger partial charge >= 0.3 is 5.97 Å². The van der Waals surface area contributed by atoms with Gasteiger partial charge in [0.25, 0.3) is 0 Å². The van der Waals surface area contributed by atoms with E-state index < -0.39 is 17.5 Å². The third kappa shape index (κ3) is 4.64. The van der Waals surface area contributed by atoms with Gasteiger partial charge in [0, 0.05) is 17.2 Å². The van der Waals surface area contributed by atoms with E-state index in [9.17, 15) is 14.4 Å². The van der Waals surface area contributed by atoms with Gasteiger partial charge in [-0.15, -0.1) is 0 Å². The first-order valence-corrected chi connectivity index (χ1v) is 7.73. The largest absolute Gasteiger partial charge is 0.497 e. The summed E-state index contributed by atoms with van der Waals surface area (Å²) in [4.78, 5) is 37.2. The van der Waals surface area contributed by atoms with Crippen LogP contribution >= 0.6 is 0 Å². The Morgan fingerprint density at radius 2 is 1.56 bits per heavy atom. The molecule has 5 nitrogen and oxygen atoms in total. The van der Waals surface area contributed by atoms with Crippen LogP contribution in [0.2, 0.25) is 0 Å². The molecule has 2 rings (SSSR count). The molecular formula is C20H18O5. The monoisotopic (exact) mass is 338 g/mol. The number of ketones is 2. The number of methoxy groups -OCH3 is 1. The van der Waals surface area contributed by atoms with Crippen LogP contribution in [0, 0.1) is 0 Å². The first-order valence-electron chi connectivity index (χ1n) is 7.73. The number of rotatable bonds is 7. The highest BCUT2D eigenvalue weighted by molar-refractivity contribution is 6.27. The van der Waals surface area contributed by atoms with Gasteiger partial charge in [-0.2, -0.15) is 0 Å². The van der Waals surface area contributed by atoms with Crippen molar-refractivity contribution >= 4 is 17.5 Å². The first-order chi connectivity index (χ1) is 12.1. The summed E-state index contributed by atoms with van der Waals surface area (Å²) in [5.74, 6) is -1.26. The summed E-state index contributed by atoms with van der Waals surface area (Å²) in [5.41, 5.74) is 0.341. The number of benzene rings is 2. The summed E-state index contributed by atoms with van der Waals surface area (Å²) in [6.45, 7) is 1.73. The summed E-state index contributed by atoms with van der Waals surface area (Å²) in [7, 11) is 1.51. The second-order valence-electron chi connectivity index (χ2n) is 5.07. The van der Waals surface area contributed by atoms with Crippen molar-refractivity contribution in [2.75, 3.05) is 13.7 Å². The minimum atomic E-state index is -0.826. The van der Waals surface area contributed by atoms with E-state index in [1.165, 1.54) is 19.2 Å². The molecule has 0 aliphatic carbocycles. The first kappa shape index (κ1) is 18.1. The number of esters is 1. The zero-order valence-electron chi connectivity index (χ0n) is 14.0. The lowest BCUT2D eigenvalue weighted by atomic mass is 10.00. The van der Waals surface area contributed by atoms with Gasteiger partial charge in [0.2, 0.25) is 0 Å². The topological polar surface area (TPSA) is 69.7 Å². The lowest BCUT2D eigenvalue weighted by Crippen LogP contribution is -2.18. The smallest absolute Gasteiger partial charge is 0.342 e. The van der Waals surface area contributed by atoms with Gasteiger partial charge in [-0.1, -0.05) is 30.3 Å². The zero-order chi connectivity index (χ0) is 18.2.